The summed E-state index contributed by atoms with van der Waals surface area (Å²) in [5.74, 6) is 1.01. The maximum Gasteiger partial charge on any atom is 0.107 e. The van der Waals surface area contributed by atoms with E-state index >= 15 is 0 Å². The topological polar surface area (TPSA) is 56.7 Å². The van der Waals surface area contributed by atoms with Crippen LogP contribution in [-0.2, 0) is 13.1 Å². The van der Waals surface area contributed by atoms with Gasteiger partial charge < -0.3 is 10.3 Å². The maximum atomic E-state index is 5.59. The quantitative estimate of drug-likeness (QED) is 0.784. The van der Waals surface area contributed by atoms with Crippen LogP contribution >= 0.6 is 11.3 Å². The van der Waals surface area contributed by atoms with Gasteiger partial charge in [-0.15, -0.1) is 11.3 Å². The van der Waals surface area contributed by atoms with Crippen molar-refractivity contribution < 1.29 is 0 Å². The van der Waals surface area contributed by atoms with Gasteiger partial charge in [0.15, 0.2) is 0 Å². The Bertz CT molecular complexity index is 683. The zero-order valence-corrected chi connectivity index (χ0v) is 10.9. The average Bonchev–Trinajstić information content (AvgIpc) is 2.96. The van der Waals surface area contributed by atoms with Crippen molar-refractivity contribution in [2.24, 2.45) is 5.73 Å². The lowest BCUT2D eigenvalue weighted by Crippen LogP contribution is -2.03. The number of rotatable bonds is 3. The van der Waals surface area contributed by atoms with Gasteiger partial charge in [-0.1, -0.05) is 12.1 Å². The van der Waals surface area contributed by atoms with Gasteiger partial charge in [-0.3, -0.25) is 0 Å². The van der Waals surface area contributed by atoms with Gasteiger partial charge in [-0.2, -0.15) is 0 Å². The van der Waals surface area contributed by atoms with Gasteiger partial charge in [0.05, 0.1) is 23.3 Å². The van der Waals surface area contributed by atoms with E-state index in [0.29, 0.717) is 6.54 Å². The van der Waals surface area contributed by atoms with Crippen LogP contribution in [0.5, 0.6) is 0 Å². The smallest absolute Gasteiger partial charge is 0.107 e. The summed E-state index contributed by atoms with van der Waals surface area (Å²) < 4.78 is 2.19. The molecule has 0 atom stereocenters. The molecule has 0 amide bonds. The van der Waals surface area contributed by atoms with Crippen LogP contribution in [0.25, 0.3) is 11.0 Å². The van der Waals surface area contributed by atoms with Gasteiger partial charge in [0, 0.05) is 11.9 Å². The normalized spacial score (nSPS) is 11.2. The van der Waals surface area contributed by atoms with Crippen LogP contribution in [0.2, 0.25) is 0 Å². The van der Waals surface area contributed by atoms with Crippen molar-refractivity contribution in [3.63, 3.8) is 0 Å². The fraction of sp³-hybridized carbons (Fsp3) is 0.231. The number of benzene rings is 1. The van der Waals surface area contributed by atoms with Gasteiger partial charge in [0.1, 0.15) is 10.8 Å². The minimum absolute atomic E-state index is 0.508. The Morgan fingerprint density at radius 3 is 2.89 bits per heavy atom. The van der Waals surface area contributed by atoms with Crippen LogP contribution < -0.4 is 5.73 Å². The van der Waals surface area contributed by atoms with Gasteiger partial charge >= 0.3 is 0 Å². The predicted octanol–water partition coefficient (Wildman–Crippen LogP) is 2.31. The summed E-state index contributed by atoms with van der Waals surface area (Å²) >= 11 is 1.61. The second-order valence-electron chi connectivity index (χ2n) is 4.17. The van der Waals surface area contributed by atoms with E-state index in [2.05, 4.69) is 26.0 Å². The summed E-state index contributed by atoms with van der Waals surface area (Å²) in [6.45, 7) is 3.29. The molecule has 0 saturated carbocycles. The summed E-state index contributed by atoms with van der Waals surface area (Å²) in [5, 5.41) is 3.04. The first-order valence-electron chi connectivity index (χ1n) is 5.83. The monoisotopic (exact) mass is 258 g/mol. The molecule has 0 unspecified atom stereocenters. The van der Waals surface area contributed by atoms with Gasteiger partial charge in [-0.25, -0.2) is 9.97 Å². The highest BCUT2D eigenvalue weighted by Gasteiger charge is 2.08. The first kappa shape index (κ1) is 11.4. The lowest BCUT2D eigenvalue weighted by atomic mass is 10.3. The third kappa shape index (κ3) is 1.91. The molecule has 2 N–H and O–H groups in total. The van der Waals surface area contributed by atoms with Crippen molar-refractivity contribution in [1.29, 1.82) is 0 Å². The Balaban J connectivity index is 2.01. The van der Waals surface area contributed by atoms with E-state index in [9.17, 15) is 0 Å². The summed E-state index contributed by atoms with van der Waals surface area (Å²) in [5.41, 5.74) is 8.82. The fourth-order valence-electron chi connectivity index (χ4n) is 2.07. The molecule has 92 valence electrons. The number of aromatic nitrogens is 3. The number of aryl methyl sites for hydroxylation is 1. The molecule has 0 fully saturated rings. The second kappa shape index (κ2) is 4.51. The molecule has 3 rings (SSSR count). The molecule has 5 heteroatoms. The van der Waals surface area contributed by atoms with Crippen molar-refractivity contribution in [3.05, 3.63) is 46.2 Å². The van der Waals surface area contributed by atoms with E-state index < -0.39 is 0 Å². The molecule has 0 saturated heterocycles. The molecular formula is C13H14N4S. The standard InChI is InChI=1S/C13H14N4S/c1-9-15-11-4-2-3-5-12(11)17(9)7-10-8-18-13(6-14)16-10/h2-5,8H,6-7,14H2,1H3. The number of nitrogens with zero attached hydrogens (tertiary/aromatic N) is 3. The van der Waals surface area contributed by atoms with Crippen LogP contribution in [0.4, 0.5) is 0 Å². The molecule has 3 aromatic rings. The fourth-order valence-corrected chi connectivity index (χ4v) is 2.74. The molecule has 0 spiro atoms. The van der Waals surface area contributed by atoms with Gasteiger partial charge in [0.25, 0.3) is 0 Å². The molecule has 4 nitrogen and oxygen atoms in total. The van der Waals surface area contributed by atoms with Gasteiger partial charge in [-0.05, 0) is 19.1 Å². The molecule has 0 aliphatic carbocycles. The Labute approximate surface area is 109 Å². The molecule has 18 heavy (non-hydrogen) atoms. The molecule has 0 aliphatic rings. The van der Waals surface area contributed by atoms with Gasteiger partial charge in [0.2, 0.25) is 0 Å². The van der Waals surface area contributed by atoms with Crippen molar-refractivity contribution in [2.75, 3.05) is 0 Å². The molecule has 0 bridgehead atoms. The largest absolute Gasteiger partial charge is 0.325 e. The molecule has 2 aromatic heterocycles. The van der Waals surface area contributed by atoms with Crippen LogP contribution in [0, 0.1) is 6.92 Å². The number of hydrogen-bond acceptors (Lipinski definition) is 4. The van der Waals surface area contributed by atoms with Crippen molar-refractivity contribution in [1.82, 2.24) is 14.5 Å². The predicted molar refractivity (Wildman–Crippen MR) is 73.6 cm³/mol. The first-order chi connectivity index (χ1) is 8.78. The number of fused-ring (bicyclic) bond motifs is 1. The lowest BCUT2D eigenvalue weighted by molar-refractivity contribution is 0.765. The van der Waals surface area contributed by atoms with E-state index in [1.54, 1.807) is 11.3 Å². The number of hydrogen-bond donors (Lipinski definition) is 1. The minimum atomic E-state index is 0.508. The molecule has 1 aromatic carbocycles. The van der Waals surface area contributed by atoms with Crippen LogP contribution in [-0.4, -0.2) is 14.5 Å². The number of imidazole rings is 1. The summed E-state index contributed by atoms with van der Waals surface area (Å²) in [6.07, 6.45) is 0. The summed E-state index contributed by atoms with van der Waals surface area (Å²) in [4.78, 5) is 9.05. The Kier molecular flexibility index (Phi) is 2.85. The van der Waals surface area contributed by atoms with Crippen molar-refractivity contribution >= 4 is 22.4 Å². The zero-order chi connectivity index (χ0) is 12.5. The highest BCUT2D eigenvalue weighted by atomic mass is 32.1. The molecule has 2 heterocycles. The Hall–Kier alpha value is -1.72. The third-order valence-electron chi connectivity index (χ3n) is 2.94. The number of thiazole rings is 1. The summed E-state index contributed by atoms with van der Waals surface area (Å²) in [6, 6.07) is 8.16. The van der Waals surface area contributed by atoms with Crippen LogP contribution in [0.15, 0.2) is 29.6 Å². The lowest BCUT2D eigenvalue weighted by Gasteiger charge is -2.04. The van der Waals surface area contributed by atoms with E-state index in [1.165, 1.54) is 0 Å². The maximum absolute atomic E-state index is 5.59. The average molecular weight is 258 g/mol. The summed E-state index contributed by atoms with van der Waals surface area (Å²) in [7, 11) is 0. The first-order valence-corrected chi connectivity index (χ1v) is 6.71. The minimum Gasteiger partial charge on any atom is -0.325 e. The number of nitrogens with two attached hydrogens (primary N) is 1. The van der Waals surface area contributed by atoms with E-state index in [4.69, 9.17) is 5.73 Å². The van der Waals surface area contributed by atoms with Crippen molar-refractivity contribution in [3.8, 4) is 0 Å². The van der Waals surface area contributed by atoms with Crippen LogP contribution in [0.1, 0.15) is 16.5 Å². The Morgan fingerprint density at radius 1 is 1.28 bits per heavy atom. The molecular weight excluding hydrogens is 244 g/mol. The highest BCUT2D eigenvalue weighted by molar-refractivity contribution is 7.09. The zero-order valence-electron chi connectivity index (χ0n) is 10.1. The second-order valence-corrected chi connectivity index (χ2v) is 5.11. The number of para-hydroxylation sites is 2. The van der Waals surface area contributed by atoms with E-state index in [0.717, 1.165) is 34.1 Å². The molecule has 0 radical (unpaired) electrons. The SMILES string of the molecule is Cc1nc2ccccc2n1Cc1csc(CN)n1. The van der Waals surface area contributed by atoms with Crippen LogP contribution in [0.3, 0.4) is 0 Å². The molecule has 0 aliphatic heterocycles. The van der Waals surface area contributed by atoms with E-state index in [-0.39, 0.29) is 0 Å². The van der Waals surface area contributed by atoms with E-state index in [1.807, 2.05) is 25.1 Å². The highest BCUT2D eigenvalue weighted by Crippen LogP contribution is 2.18. The Morgan fingerprint density at radius 2 is 2.11 bits per heavy atom. The van der Waals surface area contributed by atoms with Crippen molar-refractivity contribution in [2.45, 2.75) is 20.0 Å². The third-order valence-corrected chi connectivity index (χ3v) is 3.86.